The second kappa shape index (κ2) is 11.5. The molecule has 3 aromatic carbocycles. The van der Waals surface area contributed by atoms with Crippen LogP contribution in [0.4, 0.5) is 22.0 Å². The lowest BCUT2D eigenvalue weighted by Crippen LogP contribution is -2.41. The third-order valence-electron chi connectivity index (χ3n) is 8.65. The van der Waals surface area contributed by atoms with Crippen LogP contribution in [-0.4, -0.2) is 37.8 Å². The number of carboxylic acid groups (broad SMARTS) is 1. The molecule has 3 aliphatic rings. The molecule has 0 amide bonds. The second-order valence-corrected chi connectivity index (χ2v) is 11.8. The van der Waals surface area contributed by atoms with Crippen molar-refractivity contribution in [3.05, 3.63) is 112 Å². The minimum absolute atomic E-state index is 0.00756. The number of hydrogen-bond acceptors (Lipinski definition) is 5. The van der Waals surface area contributed by atoms with Gasteiger partial charge in [-0.2, -0.15) is 0 Å². The Bertz CT molecular complexity index is 1980. The first-order valence-electron chi connectivity index (χ1n) is 14.6. The molecule has 7 nitrogen and oxygen atoms in total. The van der Waals surface area contributed by atoms with Crippen LogP contribution in [0.25, 0.3) is 22.3 Å². The zero-order valence-electron chi connectivity index (χ0n) is 24.2. The van der Waals surface area contributed by atoms with E-state index in [0.29, 0.717) is 41.7 Å². The zero-order valence-corrected chi connectivity index (χ0v) is 24.2. The molecule has 236 valence electrons. The molecule has 2 aliphatic heterocycles. The van der Waals surface area contributed by atoms with Crippen LogP contribution in [-0.2, 0) is 24.3 Å². The van der Waals surface area contributed by atoms with Gasteiger partial charge in [-0.15, -0.1) is 0 Å². The summed E-state index contributed by atoms with van der Waals surface area (Å²) in [6.45, 7) is 0.731. The lowest BCUT2D eigenvalue weighted by molar-refractivity contribution is -0.0132. The molecule has 3 fully saturated rings. The number of imidazole rings is 1. The first-order valence-corrected chi connectivity index (χ1v) is 14.6. The van der Waals surface area contributed by atoms with Crippen molar-refractivity contribution < 1.29 is 41.3 Å². The van der Waals surface area contributed by atoms with Gasteiger partial charge in [-0.25, -0.2) is 36.7 Å². The molecule has 2 aromatic heterocycles. The van der Waals surface area contributed by atoms with E-state index in [0.717, 1.165) is 31.0 Å². The summed E-state index contributed by atoms with van der Waals surface area (Å²) in [6.07, 6.45) is -1.10. The van der Waals surface area contributed by atoms with Crippen molar-refractivity contribution >= 4 is 17.0 Å². The summed E-state index contributed by atoms with van der Waals surface area (Å²) in [4.78, 5) is 20.5. The van der Waals surface area contributed by atoms with Gasteiger partial charge in [-0.3, -0.25) is 0 Å². The van der Waals surface area contributed by atoms with Crippen LogP contribution in [0.5, 0.6) is 5.88 Å². The van der Waals surface area contributed by atoms with Crippen molar-refractivity contribution in [1.82, 2.24) is 14.5 Å². The summed E-state index contributed by atoms with van der Waals surface area (Å²) in [6, 6.07) is 14.8. The fraction of sp³-hybridized carbons (Fsp3) is 0.265. The van der Waals surface area contributed by atoms with Crippen LogP contribution < -0.4 is 4.74 Å². The Morgan fingerprint density at radius 1 is 0.978 bits per heavy atom. The number of nitrogens with zero attached hydrogens (tertiary/aromatic N) is 3. The van der Waals surface area contributed by atoms with Crippen molar-refractivity contribution in [2.45, 2.75) is 44.4 Å². The van der Waals surface area contributed by atoms with Gasteiger partial charge in [0.15, 0.2) is 5.82 Å². The number of pyridine rings is 1. The highest BCUT2D eigenvalue weighted by molar-refractivity contribution is 5.92. The zero-order chi connectivity index (χ0) is 32.2. The van der Waals surface area contributed by atoms with Crippen molar-refractivity contribution in [2.75, 3.05) is 6.61 Å². The van der Waals surface area contributed by atoms with Crippen LogP contribution in [0.3, 0.4) is 0 Å². The van der Waals surface area contributed by atoms with E-state index in [1.54, 1.807) is 28.8 Å². The van der Waals surface area contributed by atoms with E-state index in [4.69, 9.17) is 9.47 Å². The average Bonchev–Trinajstić information content (AvgIpc) is 3.71. The smallest absolute Gasteiger partial charge is 0.335 e. The molecule has 12 heteroatoms. The molecule has 1 saturated carbocycles. The quantitative estimate of drug-likeness (QED) is 0.160. The van der Waals surface area contributed by atoms with Crippen LogP contribution >= 0.6 is 0 Å². The third kappa shape index (κ3) is 5.57. The van der Waals surface area contributed by atoms with E-state index >= 15 is 8.78 Å². The normalized spacial score (nSPS) is 18.7. The summed E-state index contributed by atoms with van der Waals surface area (Å²) < 4.78 is 83.8. The van der Waals surface area contributed by atoms with Gasteiger partial charge in [-0.05, 0) is 54.7 Å². The minimum Gasteiger partial charge on any atom is -0.478 e. The Morgan fingerprint density at radius 3 is 2.46 bits per heavy atom. The topological polar surface area (TPSA) is 86.5 Å². The average molecular weight is 636 g/mol. The van der Waals surface area contributed by atoms with Crippen LogP contribution in [0.1, 0.15) is 52.1 Å². The lowest BCUT2D eigenvalue weighted by atomic mass is 9.74. The Balaban J connectivity index is 1.14. The number of alkyl halides is 2. The van der Waals surface area contributed by atoms with Gasteiger partial charge in [0.2, 0.25) is 5.88 Å². The van der Waals surface area contributed by atoms with Crippen LogP contribution in [0, 0.1) is 23.4 Å². The molecule has 4 heterocycles. The van der Waals surface area contributed by atoms with E-state index in [9.17, 15) is 23.1 Å². The SMILES string of the molecule is O=C(O)c1cc(F)c2nc(Cc3ccc(-c4cccc(OCc5ccc(C(F)F)cc5F)n4)cc3F)n(CC34CC(CO3)C4)c2c1. The van der Waals surface area contributed by atoms with Crippen LogP contribution in [0.2, 0.25) is 0 Å². The van der Waals surface area contributed by atoms with Gasteiger partial charge in [-0.1, -0.05) is 30.3 Å². The number of fused-ring (bicyclic) bond motifs is 2. The fourth-order valence-corrected chi connectivity index (χ4v) is 6.29. The van der Waals surface area contributed by atoms with Gasteiger partial charge in [0.05, 0.1) is 35.5 Å². The number of carboxylic acids is 1. The van der Waals surface area contributed by atoms with Crippen molar-refractivity contribution in [3.8, 4) is 17.1 Å². The number of aromatic nitrogens is 3. The van der Waals surface area contributed by atoms with E-state index < -0.39 is 41.0 Å². The van der Waals surface area contributed by atoms with E-state index in [1.807, 2.05) is 0 Å². The predicted molar refractivity (Wildman–Crippen MR) is 156 cm³/mol. The number of carbonyl (C=O) groups is 1. The maximum Gasteiger partial charge on any atom is 0.335 e. The molecule has 0 atom stereocenters. The molecule has 8 rings (SSSR count). The van der Waals surface area contributed by atoms with Gasteiger partial charge in [0.25, 0.3) is 6.43 Å². The number of halogens is 5. The molecule has 1 aliphatic carbocycles. The molecule has 0 unspecified atom stereocenters. The first-order chi connectivity index (χ1) is 22.1. The molecule has 1 N–H and O–H groups in total. The highest BCUT2D eigenvalue weighted by Crippen LogP contribution is 2.49. The molecule has 0 spiro atoms. The van der Waals surface area contributed by atoms with E-state index in [2.05, 4.69) is 9.97 Å². The van der Waals surface area contributed by atoms with Gasteiger partial charge >= 0.3 is 5.97 Å². The van der Waals surface area contributed by atoms with Gasteiger partial charge in [0, 0.05) is 29.2 Å². The van der Waals surface area contributed by atoms with E-state index in [-0.39, 0.29) is 41.1 Å². The molecule has 0 radical (unpaired) electrons. The fourth-order valence-electron chi connectivity index (χ4n) is 6.29. The molecule has 5 aromatic rings. The maximum absolute atomic E-state index is 15.6. The monoisotopic (exact) mass is 635 g/mol. The standard InChI is InChI=1S/C34H26F5N3O4/c35-24-8-20(27-2-1-3-30(40-27)45-16-22-7-6-21(32(38)39)9-25(22)36)5-4-19(24)12-29-41-31-26(37)10-23(33(43)44)11-28(31)42(29)17-34-13-18(14-34)15-46-34/h1-11,18,32H,12-17H2,(H,43,44). The number of benzene rings is 3. The molecular formula is C34H26F5N3O4. The van der Waals surface area contributed by atoms with Crippen molar-refractivity contribution in [1.29, 1.82) is 0 Å². The summed E-state index contributed by atoms with van der Waals surface area (Å²) in [7, 11) is 0. The number of hydrogen-bond donors (Lipinski definition) is 1. The Hall–Kier alpha value is -4.84. The largest absolute Gasteiger partial charge is 0.478 e. The molecule has 2 bridgehead atoms. The molecule has 2 saturated heterocycles. The Morgan fingerprint density at radius 2 is 1.76 bits per heavy atom. The summed E-state index contributed by atoms with van der Waals surface area (Å²) >= 11 is 0. The number of aromatic carboxylic acids is 1. The highest BCUT2D eigenvalue weighted by atomic mass is 19.3. The lowest BCUT2D eigenvalue weighted by Gasteiger charge is -2.36. The second-order valence-electron chi connectivity index (χ2n) is 11.8. The number of ether oxygens (including phenoxy) is 2. The molecule has 46 heavy (non-hydrogen) atoms. The number of rotatable bonds is 10. The van der Waals surface area contributed by atoms with Crippen molar-refractivity contribution in [3.63, 3.8) is 0 Å². The van der Waals surface area contributed by atoms with Crippen LogP contribution in [0.15, 0.2) is 66.7 Å². The Labute approximate surface area is 259 Å². The summed E-state index contributed by atoms with van der Waals surface area (Å²) in [5, 5.41) is 9.52. The maximum atomic E-state index is 15.6. The summed E-state index contributed by atoms with van der Waals surface area (Å²) in [5.41, 5.74) is 0.411. The van der Waals surface area contributed by atoms with Gasteiger partial charge in [0.1, 0.15) is 29.6 Å². The first kappa shape index (κ1) is 29.8. The Kier molecular flexibility index (Phi) is 7.47. The predicted octanol–water partition coefficient (Wildman–Crippen LogP) is 7.50. The van der Waals surface area contributed by atoms with Gasteiger partial charge < -0.3 is 19.1 Å². The third-order valence-corrected chi connectivity index (χ3v) is 8.65. The van der Waals surface area contributed by atoms with Crippen molar-refractivity contribution in [2.24, 2.45) is 5.92 Å². The summed E-state index contributed by atoms with van der Waals surface area (Å²) in [5.74, 6) is -2.46. The highest BCUT2D eigenvalue weighted by Gasteiger charge is 2.52. The minimum atomic E-state index is -2.79. The van der Waals surface area contributed by atoms with E-state index in [1.165, 1.54) is 24.3 Å². The molecular weight excluding hydrogens is 609 g/mol.